The quantitative estimate of drug-likeness (QED) is 0.797. The zero-order valence-electron chi connectivity index (χ0n) is 11.9. The number of hydrogen-bond acceptors (Lipinski definition) is 3. The van der Waals surface area contributed by atoms with Crippen LogP contribution in [0, 0.1) is 12.3 Å². The van der Waals surface area contributed by atoms with Crippen LogP contribution in [0.2, 0.25) is 0 Å². The van der Waals surface area contributed by atoms with Crippen LogP contribution in [-0.4, -0.2) is 20.0 Å². The maximum absolute atomic E-state index is 12.2. The van der Waals surface area contributed by atoms with Crippen LogP contribution < -0.4 is 0 Å². The first-order chi connectivity index (χ1) is 8.54. The van der Waals surface area contributed by atoms with Gasteiger partial charge >= 0.3 is 0 Å². The van der Waals surface area contributed by atoms with Crippen molar-refractivity contribution in [2.75, 3.05) is 5.75 Å². The van der Waals surface area contributed by atoms with Crippen LogP contribution in [-0.2, 0) is 14.6 Å². The molecule has 0 atom stereocenters. The summed E-state index contributed by atoms with van der Waals surface area (Å²) in [5, 5.41) is 0. The fraction of sp³-hybridized carbons (Fsp3) is 0.400. The first-order valence-electron chi connectivity index (χ1n) is 6.06. The fourth-order valence-corrected chi connectivity index (χ4v) is 2.96. The average Bonchev–Trinajstić information content (AvgIpc) is 2.26. The highest BCUT2D eigenvalue weighted by molar-refractivity contribution is 7.91. The van der Waals surface area contributed by atoms with Gasteiger partial charge in [-0.3, -0.25) is 4.79 Å². The summed E-state index contributed by atoms with van der Waals surface area (Å²) >= 11 is 0. The lowest BCUT2D eigenvalue weighted by Gasteiger charge is -2.18. The number of aryl methyl sites for hydroxylation is 1. The van der Waals surface area contributed by atoms with Crippen LogP contribution in [0.1, 0.15) is 26.3 Å². The Morgan fingerprint density at radius 3 is 2.05 bits per heavy atom. The average molecular weight is 280 g/mol. The van der Waals surface area contributed by atoms with Crippen molar-refractivity contribution < 1.29 is 13.2 Å². The smallest absolute Gasteiger partial charge is 0.182 e. The summed E-state index contributed by atoms with van der Waals surface area (Å²) in [5.74, 6) is -0.546. The molecule has 0 saturated heterocycles. The Kier molecular flexibility index (Phi) is 4.35. The normalized spacial score (nSPS) is 12.2. The molecule has 0 spiro atoms. The third-order valence-electron chi connectivity index (χ3n) is 2.75. The van der Waals surface area contributed by atoms with Gasteiger partial charge in [0.2, 0.25) is 0 Å². The number of benzene rings is 1. The summed E-state index contributed by atoms with van der Waals surface area (Å²) < 4.78 is 24.3. The molecule has 0 aromatic heterocycles. The van der Waals surface area contributed by atoms with Gasteiger partial charge in [0.1, 0.15) is 0 Å². The minimum atomic E-state index is -3.50. The van der Waals surface area contributed by atoms with Gasteiger partial charge in [0, 0.05) is 11.0 Å². The van der Waals surface area contributed by atoms with Gasteiger partial charge in [0.05, 0.1) is 10.6 Å². The van der Waals surface area contributed by atoms with Gasteiger partial charge in [-0.2, -0.15) is 0 Å². The lowest BCUT2D eigenvalue weighted by molar-refractivity contribution is -0.122. The van der Waals surface area contributed by atoms with E-state index in [0.29, 0.717) is 0 Å². The van der Waals surface area contributed by atoms with Gasteiger partial charge in [-0.15, -0.1) is 0 Å². The Balaban J connectivity index is 2.96. The zero-order valence-corrected chi connectivity index (χ0v) is 12.7. The molecule has 0 N–H and O–H groups in total. The van der Waals surface area contributed by atoms with E-state index in [1.165, 1.54) is 0 Å². The topological polar surface area (TPSA) is 51.2 Å². The number of hydrogen-bond donors (Lipinski definition) is 0. The number of ketones is 1. The number of carbonyl (C=O) groups excluding carboxylic acids is 1. The maximum atomic E-state index is 12.2. The zero-order chi connectivity index (χ0) is 14.8. The number of sulfone groups is 1. The van der Waals surface area contributed by atoms with Gasteiger partial charge in [-0.05, 0) is 19.1 Å². The number of Topliss-reactive ketones (excluding diaryl/α,β-unsaturated/α-hetero) is 1. The Labute approximate surface area is 115 Å². The summed E-state index contributed by atoms with van der Waals surface area (Å²) in [6.07, 6.45) is 0. The molecule has 4 heteroatoms. The van der Waals surface area contributed by atoms with Crippen LogP contribution in [0.3, 0.4) is 0 Å². The maximum Gasteiger partial charge on any atom is 0.182 e. The molecule has 3 nitrogen and oxygen atoms in total. The first kappa shape index (κ1) is 15.6. The van der Waals surface area contributed by atoms with Crippen molar-refractivity contribution in [2.24, 2.45) is 5.41 Å². The van der Waals surface area contributed by atoms with E-state index < -0.39 is 15.3 Å². The van der Waals surface area contributed by atoms with Crippen molar-refractivity contribution in [2.45, 2.75) is 32.6 Å². The summed E-state index contributed by atoms with van der Waals surface area (Å²) in [5.41, 5.74) is 0.511. The minimum absolute atomic E-state index is 0.132. The molecule has 0 amide bonds. The van der Waals surface area contributed by atoms with Gasteiger partial charge < -0.3 is 0 Å². The summed E-state index contributed by atoms with van der Waals surface area (Å²) in [6, 6.07) is 6.58. The van der Waals surface area contributed by atoms with Crippen LogP contribution in [0.25, 0.3) is 0 Å². The second kappa shape index (κ2) is 5.29. The summed E-state index contributed by atoms with van der Waals surface area (Å²) in [4.78, 5) is 12.2. The molecule has 19 heavy (non-hydrogen) atoms. The van der Waals surface area contributed by atoms with Crippen LogP contribution >= 0.6 is 0 Å². The van der Waals surface area contributed by atoms with E-state index in [2.05, 4.69) is 6.58 Å². The Bertz CT molecular complexity index is 587. The lowest BCUT2D eigenvalue weighted by Crippen LogP contribution is -2.25. The Morgan fingerprint density at radius 2 is 1.63 bits per heavy atom. The molecule has 0 aliphatic heterocycles. The molecule has 0 saturated carbocycles. The molecule has 0 unspecified atom stereocenters. The van der Waals surface area contributed by atoms with E-state index >= 15 is 0 Å². The molecule has 0 aliphatic rings. The highest BCUT2D eigenvalue weighted by atomic mass is 32.2. The van der Waals surface area contributed by atoms with Crippen molar-refractivity contribution in [1.82, 2.24) is 0 Å². The van der Waals surface area contributed by atoms with Crippen LogP contribution in [0.15, 0.2) is 41.3 Å². The van der Waals surface area contributed by atoms with E-state index in [-0.39, 0.29) is 22.0 Å². The van der Waals surface area contributed by atoms with Gasteiger partial charge in [-0.25, -0.2) is 8.42 Å². The van der Waals surface area contributed by atoms with Gasteiger partial charge in [0.15, 0.2) is 15.6 Å². The molecule has 1 aromatic carbocycles. The molecule has 0 heterocycles. The molecule has 0 fully saturated rings. The largest absolute Gasteiger partial charge is 0.294 e. The molecule has 0 radical (unpaired) electrons. The third-order valence-corrected chi connectivity index (χ3v) is 4.47. The predicted molar refractivity (Wildman–Crippen MR) is 76.8 cm³/mol. The van der Waals surface area contributed by atoms with Crippen LogP contribution in [0.4, 0.5) is 0 Å². The third kappa shape index (κ3) is 4.03. The molecular weight excluding hydrogens is 260 g/mol. The molecule has 1 aromatic rings. The first-order valence-corrected chi connectivity index (χ1v) is 7.71. The van der Waals surface area contributed by atoms with E-state index in [0.717, 1.165) is 5.56 Å². The van der Waals surface area contributed by atoms with Crippen molar-refractivity contribution in [1.29, 1.82) is 0 Å². The molecule has 1 rings (SSSR count). The second-order valence-electron chi connectivity index (χ2n) is 5.75. The lowest BCUT2D eigenvalue weighted by atomic mass is 9.87. The van der Waals surface area contributed by atoms with Crippen molar-refractivity contribution in [3.8, 4) is 0 Å². The van der Waals surface area contributed by atoms with E-state index in [4.69, 9.17) is 0 Å². The van der Waals surface area contributed by atoms with Crippen molar-refractivity contribution >= 4 is 15.6 Å². The summed E-state index contributed by atoms with van der Waals surface area (Å²) in [6.45, 7) is 10.8. The van der Waals surface area contributed by atoms with E-state index in [9.17, 15) is 13.2 Å². The standard InChI is InChI=1S/C15H20O3S/c1-11-6-8-13(9-7-11)19(17,18)10-12(2)14(16)15(3,4)5/h6-9H,2,10H2,1,3-5H3. The highest BCUT2D eigenvalue weighted by Crippen LogP contribution is 2.22. The van der Waals surface area contributed by atoms with Gasteiger partial charge in [0.25, 0.3) is 0 Å². The number of carbonyl (C=O) groups is 1. The van der Waals surface area contributed by atoms with Crippen molar-refractivity contribution in [3.63, 3.8) is 0 Å². The monoisotopic (exact) mass is 280 g/mol. The SMILES string of the molecule is C=C(CS(=O)(=O)c1ccc(C)cc1)C(=O)C(C)(C)C. The second-order valence-corrected chi connectivity index (χ2v) is 7.74. The van der Waals surface area contributed by atoms with E-state index in [1.54, 1.807) is 45.0 Å². The number of rotatable bonds is 4. The Morgan fingerprint density at radius 1 is 1.16 bits per heavy atom. The molecular formula is C15H20O3S. The molecule has 104 valence electrons. The van der Waals surface area contributed by atoms with Crippen LogP contribution in [0.5, 0.6) is 0 Å². The van der Waals surface area contributed by atoms with Crippen molar-refractivity contribution in [3.05, 3.63) is 42.0 Å². The fourth-order valence-electron chi connectivity index (χ4n) is 1.65. The highest BCUT2D eigenvalue weighted by Gasteiger charge is 2.27. The molecule has 0 bridgehead atoms. The van der Waals surface area contributed by atoms with Gasteiger partial charge in [-0.1, -0.05) is 45.0 Å². The summed E-state index contributed by atoms with van der Waals surface area (Å²) in [7, 11) is -3.50. The van der Waals surface area contributed by atoms with E-state index in [1.807, 2.05) is 6.92 Å². The minimum Gasteiger partial charge on any atom is -0.294 e. The predicted octanol–water partition coefficient (Wildman–Crippen LogP) is 2.94. The Hall–Kier alpha value is -1.42. The molecule has 0 aliphatic carbocycles.